The van der Waals surface area contributed by atoms with Crippen LogP contribution in [0.5, 0.6) is 0 Å². The number of fused-ring (bicyclic) bond motifs is 1. The zero-order chi connectivity index (χ0) is 24.6. The molecule has 1 fully saturated rings. The van der Waals surface area contributed by atoms with Crippen LogP contribution in [0.3, 0.4) is 0 Å². The van der Waals surface area contributed by atoms with Crippen LogP contribution in [-0.2, 0) is 27.1 Å². The first kappa shape index (κ1) is 25.0. The summed E-state index contributed by atoms with van der Waals surface area (Å²) in [5.74, 6) is 0.550. The fourth-order valence-corrected chi connectivity index (χ4v) is 4.65. The summed E-state index contributed by atoms with van der Waals surface area (Å²) in [6.07, 6.45) is 5.38. The van der Waals surface area contributed by atoms with Crippen molar-refractivity contribution in [1.82, 2.24) is 10.3 Å². The number of rotatable bonds is 11. The van der Waals surface area contributed by atoms with Crippen LogP contribution in [0.1, 0.15) is 62.0 Å². The zero-order valence-corrected chi connectivity index (χ0v) is 20.2. The number of nitrogens with zero attached hydrogens (tertiary/aromatic N) is 1. The Labute approximate surface area is 206 Å². The second-order valence-electron chi connectivity index (χ2n) is 9.49. The van der Waals surface area contributed by atoms with E-state index in [2.05, 4.69) is 22.8 Å². The van der Waals surface area contributed by atoms with Crippen molar-refractivity contribution < 1.29 is 24.2 Å². The third-order valence-electron chi connectivity index (χ3n) is 6.86. The van der Waals surface area contributed by atoms with Crippen LogP contribution >= 0.6 is 0 Å². The van der Waals surface area contributed by atoms with Crippen molar-refractivity contribution in [2.75, 3.05) is 18.5 Å². The molecule has 2 aromatic rings. The molecule has 2 heterocycles. The summed E-state index contributed by atoms with van der Waals surface area (Å²) >= 11 is 0. The molecule has 3 N–H and O–H groups in total. The Balaban J connectivity index is 1.12. The van der Waals surface area contributed by atoms with Crippen molar-refractivity contribution >= 4 is 17.9 Å². The summed E-state index contributed by atoms with van der Waals surface area (Å²) in [7, 11) is 0. The minimum absolute atomic E-state index is 0.151. The summed E-state index contributed by atoms with van der Waals surface area (Å²) in [5.41, 5.74) is 3.29. The number of carbonyl (C=O) groups is 2. The number of aryl methyl sites for hydroxylation is 2. The number of nitrogens with one attached hydrogen (secondary N) is 2. The number of ether oxygens (including phenoxy) is 2. The molecule has 1 amide bonds. The first-order valence-corrected chi connectivity index (χ1v) is 12.6. The summed E-state index contributed by atoms with van der Waals surface area (Å²) in [6, 6.07) is 12.6. The maximum atomic E-state index is 12.2. The average molecular weight is 482 g/mol. The van der Waals surface area contributed by atoms with Crippen molar-refractivity contribution in [2.24, 2.45) is 5.92 Å². The van der Waals surface area contributed by atoms with Gasteiger partial charge in [-0.2, -0.15) is 0 Å². The minimum Gasteiger partial charge on any atom is -0.480 e. The van der Waals surface area contributed by atoms with Crippen LogP contribution in [0.25, 0.3) is 0 Å². The van der Waals surface area contributed by atoms with Gasteiger partial charge in [-0.25, -0.2) is 14.6 Å². The Bertz CT molecular complexity index is 994. The van der Waals surface area contributed by atoms with Gasteiger partial charge in [0.05, 0.1) is 6.10 Å². The number of hydrogen-bond donors (Lipinski definition) is 3. The Morgan fingerprint density at radius 2 is 2.00 bits per heavy atom. The zero-order valence-electron chi connectivity index (χ0n) is 20.2. The summed E-state index contributed by atoms with van der Waals surface area (Å²) in [5, 5.41) is 15.3. The van der Waals surface area contributed by atoms with E-state index in [9.17, 15) is 14.7 Å². The van der Waals surface area contributed by atoms with Crippen LogP contribution in [0.15, 0.2) is 42.5 Å². The smallest absolute Gasteiger partial charge is 0.408 e. The number of anilines is 1. The minimum atomic E-state index is -1.10. The van der Waals surface area contributed by atoms with Gasteiger partial charge in [-0.3, -0.25) is 0 Å². The average Bonchev–Trinajstić information content (AvgIpc) is 2.84. The molecular formula is C27H35N3O5. The van der Waals surface area contributed by atoms with Crippen molar-refractivity contribution in [2.45, 2.75) is 70.1 Å². The summed E-state index contributed by atoms with van der Waals surface area (Å²) in [4.78, 5) is 28.5. The van der Waals surface area contributed by atoms with Gasteiger partial charge in [0.25, 0.3) is 0 Å². The van der Waals surface area contributed by atoms with Gasteiger partial charge in [-0.1, -0.05) is 36.4 Å². The molecule has 2 aliphatic rings. The molecule has 8 nitrogen and oxygen atoms in total. The number of aromatic nitrogens is 1. The number of carbonyl (C=O) groups excluding carboxylic acids is 1. The Morgan fingerprint density at radius 3 is 2.77 bits per heavy atom. The lowest BCUT2D eigenvalue weighted by atomic mass is 9.79. The highest BCUT2D eigenvalue weighted by atomic mass is 16.6. The van der Waals surface area contributed by atoms with E-state index in [1.807, 2.05) is 30.3 Å². The molecule has 188 valence electrons. The van der Waals surface area contributed by atoms with Crippen LogP contribution < -0.4 is 10.6 Å². The second-order valence-corrected chi connectivity index (χ2v) is 9.49. The van der Waals surface area contributed by atoms with Gasteiger partial charge in [0.1, 0.15) is 18.0 Å². The number of alkyl carbamates (subject to hydrolysis) is 1. The lowest BCUT2D eigenvalue weighted by Gasteiger charge is -2.35. The molecule has 4 rings (SSSR count). The van der Waals surface area contributed by atoms with Crippen LogP contribution in [0.2, 0.25) is 0 Å². The molecule has 0 saturated heterocycles. The van der Waals surface area contributed by atoms with Crippen molar-refractivity contribution in [3.05, 3.63) is 59.3 Å². The van der Waals surface area contributed by atoms with Crippen molar-refractivity contribution in [1.29, 1.82) is 0 Å². The van der Waals surface area contributed by atoms with E-state index in [1.165, 1.54) is 5.56 Å². The largest absolute Gasteiger partial charge is 0.480 e. The van der Waals surface area contributed by atoms with E-state index in [0.29, 0.717) is 5.92 Å². The number of carboxylic acids is 1. The van der Waals surface area contributed by atoms with Gasteiger partial charge < -0.3 is 25.2 Å². The molecule has 1 aromatic heterocycles. The lowest BCUT2D eigenvalue weighted by Crippen LogP contribution is -2.42. The van der Waals surface area contributed by atoms with Gasteiger partial charge in [-0.15, -0.1) is 0 Å². The fraction of sp³-hybridized carbons (Fsp3) is 0.519. The number of carboxylic acid groups (broad SMARTS) is 1. The van der Waals surface area contributed by atoms with E-state index in [-0.39, 0.29) is 19.1 Å². The maximum Gasteiger partial charge on any atom is 0.408 e. The monoisotopic (exact) mass is 481 g/mol. The highest BCUT2D eigenvalue weighted by molar-refractivity contribution is 5.79. The van der Waals surface area contributed by atoms with Gasteiger partial charge in [0.2, 0.25) is 0 Å². The van der Waals surface area contributed by atoms with Crippen LogP contribution in [0, 0.1) is 5.92 Å². The van der Waals surface area contributed by atoms with E-state index in [4.69, 9.17) is 14.5 Å². The molecule has 0 spiro atoms. The first-order valence-electron chi connectivity index (χ1n) is 12.6. The standard InChI is InChI=1S/C27H35N3O5/c1-18(20-6-3-2-4-7-20)35-27(33)30-24(26(31)32)13-15-34-23-16-19(17-23)9-11-22-12-10-21-8-5-14-28-25(21)29-22/h2-4,6-7,10,12,18-19,23-24H,5,8-9,11,13-17H2,1H3,(H,28,29)(H,30,33)(H,31,32). The number of amides is 1. The highest BCUT2D eigenvalue weighted by Crippen LogP contribution is 2.34. The van der Waals surface area contributed by atoms with Gasteiger partial charge in [-0.05, 0) is 68.6 Å². The third kappa shape index (κ3) is 7.18. The van der Waals surface area contributed by atoms with Crippen LogP contribution in [0.4, 0.5) is 10.6 Å². The predicted octanol–water partition coefficient (Wildman–Crippen LogP) is 4.50. The lowest BCUT2D eigenvalue weighted by molar-refractivity contribution is -0.140. The molecule has 1 aliphatic heterocycles. The molecule has 1 aromatic carbocycles. The molecule has 2 atom stereocenters. The Morgan fingerprint density at radius 1 is 1.20 bits per heavy atom. The quantitative estimate of drug-likeness (QED) is 0.433. The van der Waals surface area contributed by atoms with E-state index in [1.54, 1.807) is 6.92 Å². The Hall–Kier alpha value is -3.13. The summed E-state index contributed by atoms with van der Waals surface area (Å²) in [6.45, 7) is 3.03. The number of pyridine rings is 1. The molecule has 1 saturated carbocycles. The number of hydrogen-bond acceptors (Lipinski definition) is 6. The van der Waals surface area contributed by atoms with Crippen molar-refractivity contribution in [3.63, 3.8) is 0 Å². The highest BCUT2D eigenvalue weighted by Gasteiger charge is 2.30. The predicted molar refractivity (Wildman–Crippen MR) is 132 cm³/mol. The molecule has 35 heavy (non-hydrogen) atoms. The molecule has 2 unspecified atom stereocenters. The van der Waals surface area contributed by atoms with Gasteiger partial charge in [0, 0.05) is 25.3 Å². The second kappa shape index (κ2) is 12.0. The normalized spacial score (nSPS) is 20.5. The Kier molecular flexibility index (Phi) is 8.58. The summed E-state index contributed by atoms with van der Waals surface area (Å²) < 4.78 is 11.2. The van der Waals surface area contributed by atoms with Crippen LogP contribution in [-0.4, -0.2) is 47.5 Å². The number of aliphatic carboxylic acids is 1. The van der Waals surface area contributed by atoms with E-state index in [0.717, 1.165) is 62.1 Å². The molecule has 8 heteroatoms. The molecular weight excluding hydrogens is 446 g/mol. The molecule has 0 bridgehead atoms. The fourth-order valence-electron chi connectivity index (χ4n) is 4.65. The number of benzene rings is 1. The van der Waals surface area contributed by atoms with E-state index >= 15 is 0 Å². The molecule has 0 radical (unpaired) electrons. The van der Waals surface area contributed by atoms with Gasteiger partial charge >= 0.3 is 12.1 Å². The van der Waals surface area contributed by atoms with Crippen molar-refractivity contribution in [3.8, 4) is 0 Å². The first-order chi connectivity index (χ1) is 17.0. The third-order valence-corrected chi connectivity index (χ3v) is 6.86. The SMILES string of the molecule is CC(OC(=O)NC(CCOC1CC(CCc2ccc3c(n2)NCCC3)C1)C(=O)O)c1ccccc1. The van der Waals surface area contributed by atoms with Gasteiger partial charge in [0.15, 0.2) is 0 Å². The van der Waals surface area contributed by atoms with E-state index < -0.39 is 24.2 Å². The molecule has 1 aliphatic carbocycles. The maximum absolute atomic E-state index is 12.2. The topological polar surface area (TPSA) is 110 Å².